The van der Waals surface area contributed by atoms with Crippen molar-refractivity contribution in [3.63, 3.8) is 0 Å². The molecule has 0 saturated carbocycles. The van der Waals surface area contributed by atoms with Gasteiger partial charge in [0.2, 0.25) is 0 Å². The number of hydrogen-bond acceptors (Lipinski definition) is 5. The van der Waals surface area contributed by atoms with E-state index < -0.39 is 17.6 Å². The van der Waals surface area contributed by atoms with Crippen LogP contribution in [0.25, 0.3) is 10.9 Å². The van der Waals surface area contributed by atoms with Crippen molar-refractivity contribution in [2.45, 2.75) is 27.3 Å². The number of carbonyl (C=O) groups excluding carboxylic acids is 3. The van der Waals surface area contributed by atoms with E-state index in [1.54, 1.807) is 17.7 Å². The zero-order chi connectivity index (χ0) is 24.6. The maximum absolute atomic E-state index is 13.7. The number of hydrogen-bond donors (Lipinski definition) is 2. The average Bonchev–Trinajstić information content (AvgIpc) is 3.05. The summed E-state index contributed by atoms with van der Waals surface area (Å²) in [5.41, 5.74) is 8.82. The average molecular weight is 459 g/mol. The number of halogens is 1. The van der Waals surface area contributed by atoms with Crippen LogP contribution in [0.4, 0.5) is 10.1 Å². The summed E-state index contributed by atoms with van der Waals surface area (Å²) in [6, 6.07) is 12.4. The van der Waals surface area contributed by atoms with Gasteiger partial charge >= 0.3 is 0 Å². The highest BCUT2D eigenvalue weighted by molar-refractivity contribution is 6.14. The third kappa shape index (κ3) is 4.40. The summed E-state index contributed by atoms with van der Waals surface area (Å²) in [5.74, 6) is -1.91. The first-order valence-corrected chi connectivity index (χ1v) is 10.5. The number of anilines is 1. The molecule has 4 rings (SSSR count). The van der Waals surface area contributed by atoms with Gasteiger partial charge in [-0.15, -0.1) is 0 Å². The fraction of sp³-hybridized carbons (Fsp3) is 0.160. The van der Waals surface area contributed by atoms with Crippen molar-refractivity contribution in [3.05, 3.63) is 88.1 Å². The highest BCUT2D eigenvalue weighted by atomic mass is 19.1. The predicted octanol–water partition coefficient (Wildman–Crippen LogP) is 3.79. The Balaban J connectivity index is 1.68. The Morgan fingerprint density at radius 2 is 1.85 bits per heavy atom. The van der Waals surface area contributed by atoms with Crippen molar-refractivity contribution in [2.24, 2.45) is 5.73 Å². The largest absolute Gasteiger partial charge is 0.364 e. The lowest BCUT2D eigenvalue weighted by Gasteiger charge is -2.11. The van der Waals surface area contributed by atoms with E-state index in [-0.39, 0.29) is 22.6 Å². The third-order valence-electron chi connectivity index (χ3n) is 5.55. The molecular formula is C25H22FN5O3. The number of amides is 2. The molecule has 172 valence electrons. The number of carbonyl (C=O) groups is 3. The Morgan fingerprint density at radius 1 is 1.09 bits per heavy atom. The number of nitrogens with two attached hydrogens (primary N) is 1. The van der Waals surface area contributed by atoms with Gasteiger partial charge < -0.3 is 11.1 Å². The van der Waals surface area contributed by atoms with Crippen LogP contribution in [-0.4, -0.2) is 32.4 Å². The van der Waals surface area contributed by atoms with Gasteiger partial charge in [0.15, 0.2) is 5.78 Å². The second-order valence-electron chi connectivity index (χ2n) is 7.99. The first-order valence-electron chi connectivity index (χ1n) is 10.5. The summed E-state index contributed by atoms with van der Waals surface area (Å²) in [6.45, 7) is 5.50. The minimum absolute atomic E-state index is 0.0250. The van der Waals surface area contributed by atoms with E-state index in [2.05, 4.69) is 15.4 Å². The summed E-state index contributed by atoms with van der Waals surface area (Å²) in [7, 11) is 0. The number of pyridine rings is 1. The molecule has 0 unspecified atom stereocenters. The predicted molar refractivity (Wildman–Crippen MR) is 125 cm³/mol. The molecule has 34 heavy (non-hydrogen) atoms. The number of rotatable bonds is 6. The summed E-state index contributed by atoms with van der Waals surface area (Å²) in [6.07, 6.45) is 0. The fourth-order valence-electron chi connectivity index (χ4n) is 3.79. The molecule has 0 bridgehead atoms. The molecule has 4 aromatic rings. The number of primary amides is 1. The van der Waals surface area contributed by atoms with Crippen molar-refractivity contribution >= 4 is 34.2 Å². The maximum Gasteiger partial charge on any atom is 0.267 e. The molecule has 2 amide bonds. The van der Waals surface area contributed by atoms with E-state index in [1.807, 2.05) is 25.1 Å². The molecule has 0 fully saturated rings. The third-order valence-corrected chi connectivity index (χ3v) is 5.55. The highest BCUT2D eigenvalue weighted by Crippen LogP contribution is 2.25. The number of nitrogens with zero attached hydrogens (tertiary/aromatic N) is 3. The van der Waals surface area contributed by atoms with Crippen molar-refractivity contribution in [2.75, 3.05) is 5.32 Å². The van der Waals surface area contributed by atoms with Gasteiger partial charge in [-0.3, -0.25) is 19.1 Å². The SMILES string of the molecule is CC(=O)c1cccc(Cn2nc(C)c(NC(=O)c3cc(C(N)=O)nc4cc(F)ccc34)c2C)c1. The Bertz CT molecular complexity index is 1480. The highest BCUT2D eigenvalue weighted by Gasteiger charge is 2.20. The molecule has 0 saturated heterocycles. The number of Topliss-reactive ketones (excluding diaryl/α,β-unsaturated/α-hetero) is 1. The molecule has 0 aliphatic rings. The van der Waals surface area contributed by atoms with Gasteiger partial charge in [0.25, 0.3) is 11.8 Å². The zero-order valence-electron chi connectivity index (χ0n) is 18.8. The molecule has 2 aromatic carbocycles. The molecule has 0 atom stereocenters. The van der Waals surface area contributed by atoms with E-state index in [9.17, 15) is 18.8 Å². The first kappa shape index (κ1) is 22.8. The molecule has 0 spiro atoms. The van der Waals surface area contributed by atoms with E-state index in [4.69, 9.17) is 5.73 Å². The molecule has 0 radical (unpaired) electrons. The first-order chi connectivity index (χ1) is 16.1. The normalized spacial score (nSPS) is 10.9. The Labute approximate surface area is 194 Å². The summed E-state index contributed by atoms with van der Waals surface area (Å²) < 4.78 is 15.5. The molecule has 8 nitrogen and oxygen atoms in total. The number of aromatic nitrogens is 3. The van der Waals surface area contributed by atoms with Crippen LogP contribution < -0.4 is 11.1 Å². The number of ketones is 1. The second kappa shape index (κ2) is 8.86. The van der Waals surface area contributed by atoms with Gasteiger partial charge in [0, 0.05) is 17.0 Å². The Morgan fingerprint density at radius 3 is 2.56 bits per heavy atom. The monoisotopic (exact) mass is 459 g/mol. The van der Waals surface area contributed by atoms with Crippen LogP contribution in [-0.2, 0) is 6.54 Å². The lowest BCUT2D eigenvalue weighted by Crippen LogP contribution is -2.18. The lowest BCUT2D eigenvalue weighted by molar-refractivity contribution is 0.0992. The van der Waals surface area contributed by atoms with Gasteiger partial charge in [-0.1, -0.05) is 18.2 Å². The number of nitrogens with one attached hydrogen (secondary N) is 1. The molecule has 2 heterocycles. The van der Waals surface area contributed by atoms with Crippen LogP contribution in [0.5, 0.6) is 0 Å². The van der Waals surface area contributed by atoms with Gasteiger partial charge in [-0.2, -0.15) is 5.10 Å². The van der Waals surface area contributed by atoms with Crippen LogP contribution in [0.2, 0.25) is 0 Å². The molecule has 2 aromatic heterocycles. The second-order valence-corrected chi connectivity index (χ2v) is 7.99. The van der Waals surface area contributed by atoms with Crippen molar-refractivity contribution < 1.29 is 18.8 Å². The zero-order valence-corrected chi connectivity index (χ0v) is 18.8. The minimum atomic E-state index is -0.826. The number of benzene rings is 2. The molecule has 9 heteroatoms. The van der Waals surface area contributed by atoms with Crippen LogP contribution in [0.1, 0.15) is 55.1 Å². The summed E-state index contributed by atoms with van der Waals surface area (Å²) in [4.78, 5) is 40.7. The maximum atomic E-state index is 13.7. The fourth-order valence-corrected chi connectivity index (χ4v) is 3.79. The van der Waals surface area contributed by atoms with E-state index >= 15 is 0 Å². The van der Waals surface area contributed by atoms with Crippen LogP contribution in [0.3, 0.4) is 0 Å². The van der Waals surface area contributed by atoms with Crippen LogP contribution >= 0.6 is 0 Å². The Hall–Kier alpha value is -4.40. The summed E-state index contributed by atoms with van der Waals surface area (Å²) >= 11 is 0. The molecule has 3 N–H and O–H groups in total. The van der Waals surface area contributed by atoms with Crippen molar-refractivity contribution in [1.29, 1.82) is 0 Å². The molecule has 0 aliphatic carbocycles. The molecule has 0 aliphatic heterocycles. The standard InChI is InChI=1S/C25H22FN5O3/c1-13-23(14(2)31(30-13)12-16-5-4-6-17(9-16)15(3)32)29-25(34)20-11-22(24(27)33)28-21-10-18(26)7-8-19(20)21/h4-11H,12H2,1-3H3,(H2,27,33)(H,29,34). The van der Waals surface area contributed by atoms with E-state index in [1.165, 1.54) is 25.1 Å². The quantitative estimate of drug-likeness (QED) is 0.425. The van der Waals surface area contributed by atoms with E-state index in [0.717, 1.165) is 11.6 Å². The number of aryl methyl sites for hydroxylation is 1. The smallest absolute Gasteiger partial charge is 0.267 e. The van der Waals surface area contributed by atoms with Crippen molar-refractivity contribution in [3.8, 4) is 0 Å². The van der Waals surface area contributed by atoms with Crippen molar-refractivity contribution in [1.82, 2.24) is 14.8 Å². The number of fused-ring (bicyclic) bond motifs is 1. The van der Waals surface area contributed by atoms with E-state index in [0.29, 0.717) is 34.6 Å². The Kier molecular flexibility index (Phi) is 5.93. The lowest BCUT2D eigenvalue weighted by atomic mass is 10.1. The molecular weight excluding hydrogens is 437 g/mol. The minimum Gasteiger partial charge on any atom is -0.364 e. The van der Waals surface area contributed by atoms with Crippen LogP contribution in [0, 0.1) is 19.7 Å². The van der Waals surface area contributed by atoms with Crippen LogP contribution in [0.15, 0.2) is 48.5 Å². The van der Waals surface area contributed by atoms with Gasteiger partial charge in [0.05, 0.1) is 34.7 Å². The topological polar surface area (TPSA) is 120 Å². The van der Waals surface area contributed by atoms with Gasteiger partial charge in [0.1, 0.15) is 11.5 Å². The van der Waals surface area contributed by atoms with Gasteiger partial charge in [-0.05, 0) is 50.6 Å². The summed E-state index contributed by atoms with van der Waals surface area (Å²) in [5, 5.41) is 7.76. The van der Waals surface area contributed by atoms with Gasteiger partial charge in [-0.25, -0.2) is 9.37 Å².